The summed E-state index contributed by atoms with van der Waals surface area (Å²) >= 11 is 5.65. The van der Waals surface area contributed by atoms with Gasteiger partial charge in [-0.05, 0) is 6.07 Å². The molecule has 0 saturated heterocycles. The Balaban J connectivity index is 2.03. The zero-order chi connectivity index (χ0) is 15.4. The van der Waals surface area contributed by atoms with E-state index in [4.69, 9.17) is 16.1 Å². The standard InChI is InChI=1S/C11H10ClN5O4/c1-6-15-10(16-21-6)2-3-13-11(18)7-4-9(12)14-5-8(7)17(19)20/h4-5H,2-3H2,1H3,(H,13,18). The van der Waals surface area contributed by atoms with Crippen LogP contribution in [0.3, 0.4) is 0 Å². The molecule has 0 bridgehead atoms. The molecule has 9 nitrogen and oxygen atoms in total. The van der Waals surface area contributed by atoms with Crippen LogP contribution in [-0.2, 0) is 6.42 Å². The number of carbonyl (C=O) groups is 1. The second kappa shape index (κ2) is 6.27. The highest BCUT2D eigenvalue weighted by atomic mass is 35.5. The molecule has 0 saturated carbocycles. The van der Waals surface area contributed by atoms with Gasteiger partial charge in [-0.3, -0.25) is 14.9 Å². The van der Waals surface area contributed by atoms with E-state index in [0.717, 1.165) is 12.3 Å². The van der Waals surface area contributed by atoms with Crippen molar-refractivity contribution in [2.45, 2.75) is 13.3 Å². The molecule has 0 aliphatic rings. The van der Waals surface area contributed by atoms with Crippen LogP contribution in [0.25, 0.3) is 0 Å². The molecule has 0 unspecified atom stereocenters. The molecule has 2 aromatic rings. The highest BCUT2D eigenvalue weighted by Gasteiger charge is 2.21. The Morgan fingerprint density at radius 1 is 1.57 bits per heavy atom. The molecule has 2 heterocycles. The molecule has 1 N–H and O–H groups in total. The molecular weight excluding hydrogens is 302 g/mol. The molecular formula is C11H10ClN5O4. The van der Waals surface area contributed by atoms with Crippen LogP contribution < -0.4 is 5.32 Å². The Labute approximate surface area is 123 Å². The number of rotatable bonds is 5. The van der Waals surface area contributed by atoms with E-state index in [9.17, 15) is 14.9 Å². The maximum Gasteiger partial charge on any atom is 0.300 e. The van der Waals surface area contributed by atoms with Crippen molar-refractivity contribution in [1.82, 2.24) is 20.4 Å². The van der Waals surface area contributed by atoms with Gasteiger partial charge in [0.1, 0.15) is 16.9 Å². The number of aryl methyl sites for hydroxylation is 1. The molecule has 110 valence electrons. The fraction of sp³-hybridized carbons (Fsp3) is 0.273. The summed E-state index contributed by atoms with van der Waals surface area (Å²) in [7, 11) is 0. The van der Waals surface area contributed by atoms with Gasteiger partial charge in [0.05, 0.1) is 4.92 Å². The number of hydrogen-bond acceptors (Lipinski definition) is 7. The number of pyridine rings is 1. The molecule has 0 atom stereocenters. The lowest BCUT2D eigenvalue weighted by Crippen LogP contribution is -2.26. The van der Waals surface area contributed by atoms with Crippen LogP contribution in [0.4, 0.5) is 5.69 Å². The monoisotopic (exact) mass is 311 g/mol. The summed E-state index contributed by atoms with van der Waals surface area (Å²) in [6.45, 7) is 1.85. The zero-order valence-corrected chi connectivity index (χ0v) is 11.6. The molecule has 0 spiro atoms. The molecule has 10 heteroatoms. The molecule has 0 fully saturated rings. The average molecular weight is 312 g/mol. The first-order valence-corrected chi connectivity index (χ1v) is 6.22. The fourth-order valence-corrected chi connectivity index (χ4v) is 1.73. The van der Waals surface area contributed by atoms with Gasteiger partial charge < -0.3 is 9.84 Å². The van der Waals surface area contributed by atoms with Gasteiger partial charge in [-0.15, -0.1) is 0 Å². The van der Waals surface area contributed by atoms with Crippen molar-refractivity contribution in [1.29, 1.82) is 0 Å². The number of halogens is 1. The number of hydrogen-bond donors (Lipinski definition) is 1. The van der Waals surface area contributed by atoms with Gasteiger partial charge in [0.2, 0.25) is 5.89 Å². The van der Waals surface area contributed by atoms with Crippen molar-refractivity contribution >= 4 is 23.2 Å². The lowest BCUT2D eigenvalue weighted by molar-refractivity contribution is -0.385. The highest BCUT2D eigenvalue weighted by molar-refractivity contribution is 6.29. The second-order valence-electron chi connectivity index (χ2n) is 4.02. The number of nitro groups is 1. The zero-order valence-electron chi connectivity index (χ0n) is 10.9. The first kappa shape index (κ1) is 14.9. The maximum absolute atomic E-state index is 12.0. The molecule has 0 aromatic carbocycles. The molecule has 0 radical (unpaired) electrons. The molecule has 0 aliphatic heterocycles. The molecule has 1 amide bonds. The molecule has 2 aromatic heterocycles. The highest BCUT2D eigenvalue weighted by Crippen LogP contribution is 2.20. The molecule has 0 aliphatic carbocycles. The minimum Gasteiger partial charge on any atom is -0.351 e. The fourth-order valence-electron chi connectivity index (χ4n) is 1.58. The number of nitrogens with one attached hydrogen (secondary N) is 1. The quantitative estimate of drug-likeness (QED) is 0.501. The summed E-state index contributed by atoms with van der Waals surface area (Å²) in [6.07, 6.45) is 1.29. The summed E-state index contributed by atoms with van der Waals surface area (Å²) in [5, 5.41) is 17.0. The minimum atomic E-state index is -0.694. The largest absolute Gasteiger partial charge is 0.351 e. The topological polar surface area (TPSA) is 124 Å². The molecule has 2 rings (SSSR count). The minimum absolute atomic E-state index is 0.000423. The van der Waals surface area contributed by atoms with E-state index < -0.39 is 16.5 Å². The number of amides is 1. The number of aromatic nitrogens is 3. The van der Waals surface area contributed by atoms with Crippen LogP contribution in [0.2, 0.25) is 5.15 Å². The Hall–Kier alpha value is -2.55. The van der Waals surface area contributed by atoms with Crippen molar-refractivity contribution < 1.29 is 14.2 Å². The van der Waals surface area contributed by atoms with Crippen molar-refractivity contribution in [3.8, 4) is 0 Å². The first-order valence-electron chi connectivity index (χ1n) is 5.84. The first-order chi connectivity index (χ1) is 9.97. The summed E-state index contributed by atoms with van der Waals surface area (Å²) in [5.41, 5.74) is -0.559. The van der Waals surface area contributed by atoms with Gasteiger partial charge in [0, 0.05) is 19.9 Å². The normalized spacial score (nSPS) is 10.4. The number of carbonyl (C=O) groups excluding carboxylic acids is 1. The lowest BCUT2D eigenvalue weighted by Gasteiger charge is -2.04. The lowest BCUT2D eigenvalue weighted by atomic mass is 10.2. The van der Waals surface area contributed by atoms with E-state index in [-0.39, 0.29) is 17.3 Å². The average Bonchev–Trinajstić information content (AvgIpc) is 2.84. The third-order valence-electron chi connectivity index (χ3n) is 2.49. The van der Waals surface area contributed by atoms with E-state index in [0.29, 0.717) is 18.1 Å². The van der Waals surface area contributed by atoms with Crippen LogP contribution in [0, 0.1) is 17.0 Å². The number of nitrogens with zero attached hydrogens (tertiary/aromatic N) is 4. The predicted molar refractivity (Wildman–Crippen MR) is 71.0 cm³/mol. The Morgan fingerprint density at radius 2 is 2.33 bits per heavy atom. The summed E-state index contributed by atoms with van der Waals surface area (Å²) in [5.74, 6) is 0.245. The van der Waals surface area contributed by atoms with E-state index >= 15 is 0 Å². The van der Waals surface area contributed by atoms with Crippen LogP contribution in [0.1, 0.15) is 22.1 Å². The van der Waals surface area contributed by atoms with E-state index in [1.54, 1.807) is 6.92 Å². The van der Waals surface area contributed by atoms with E-state index in [2.05, 4.69) is 20.4 Å². The van der Waals surface area contributed by atoms with Crippen molar-refractivity contribution in [3.63, 3.8) is 0 Å². The van der Waals surface area contributed by atoms with E-state index in [1.165, 1.54) is 0 Å². The summed E-state index contributed by atoms with van der Waals surface area (Å²) in [4.78, 5) is 29.7. The predicted octanol–water partition coefficient (Wildman–Crippen LogP) is 1.31. The third kappa shape index (κ3) is 3.72. The van der Waals surface area contributed by atoms with Gasteiger partial charge in [0.15, 0.2) is 5.82 Å². The Kier molecular flexibility index (Phi) is 4.43. The van der Waals surface area contributed by atoms with Gasteiger partial charge >= 0.3 is 0 Å². The summed E-state index contributed by atoms with van der Waals surface area (Å²) in [6, 6.07) is 1.15. The van der Waals surface area contributed by atoms with Crippen LogP contribution >= 0.6 is 11.6 Å². The van der Waals surface area contributed by atoms with Gasteiger partial charge in [-0.25, -0.2) is 4.98 Å². The Morgan fingerprint density at radius 3 is 2.95 bits per heavy atom. The van der Waals surface area contributed by atoms with Crippen LogP contribution in [0.15, 0.2) is 16.8 Å². The molecule has 21 heavy (non-hydrogen) atoms. The van der Waals surface area contributed by atoms with Gasteiger partial charge in [-0.2, -0.15) is 4.98 Å². The maximum atomic E-state index is 12.0. The SMILES string of the molecule is Cc1nc(CCNC(=O)c2cc(Cl)ncc2[N+](=O)[O-])no1. The van der Waals surface area contributed by atoms with Crippen molar-refractivity contribution in [2.24, 2.45) is 0 Å². The smallest absolute Gasteiger partial charge is 0.300 e. The van der Waals surface area contributed by atoms with Gasteiger partial charge in [0.25, 0.3) is 11.6 Å². The third-order valence-corrected chi connectivity index (χ3v) is 2.70. The summed E-state index contributed by atoms with van der Waals surface area (Å²) < 4.78 is 4.78. The van der Waals surface area contributed by atoms with E-state index in [1.807, 2.05) is 0 Å². The Bertz CT molecular complexity index is 687. The van der Waals surface area contributed by atoms with Crippen LogP contribution in [-0.4, -0.2) is 32.5 Å². The van der Waals surface area contributed by atoms with Crippen molar-refractivity contribution in [2.75, 3.05) is 6.54 Å². The van der Waals surface area contributed by atoms with Gasteiger partial charge in [-0.1, -0.05) is 16.8 Å². The second-order valence-corrected chi connectivity index (χ2v) is 4.40. The van der Waals surface area contributed by atoms with Crippen molar-refractivity contribution in [3.05, 3.63) is 44.8 Å². The van der Waals surface area contributed by atoms with Crippen LogP contribution in [0.5, 0.6) is 0 Å².